The number of benzene rings is 1. The molecule has 5 heteroatoms. The van der Waals surface area contributed by atoms with E-state index in [1.54, 1.807) is 6.08 Å². The fourth-order valence-electron chi connectivity index (χ4n) is 1.95. The lowest BCUT2D eigenvalue weighted by molar-refractivity contribution is -0.116. The van der Waals surface area contributed by atoms with Gasteiger partial charge in [-0.05, 0) is 38.0 Å². The van der Waals surface area contributed by atoms with Crippen LogP contribution in [0.25, 0.3) is 0 Å². The lowest BCUT2D eigenvalue weighted by Crippen LogP contribution is -2.24. The van der Waals surface area contributed by atoms with Crippen LogP contribution in [-0.4, -0.2) is 25.7 Å². The Bertz CT molecular complexity index is 536. The number of ether oxygens (including phenoxy) is 2. The molecule has 0 saturated carbocycles. The highest BCUT2D eigenvalue weighted by Crippen LogP contribution is 2.38. The van der Waals surface area contributed by atoms with E-state index in [9.17, 15) is 4.79 Å². The SMILES string of the molecule is CC(C)=CC(=O)NCCc1cc(Cl)c2c(c1)OCCO2. The van der Waals surface area contributed by atoms with E-state index in [4.69, 9.17) is 21.1 Å². The van der Waals surface area contributed by atoms with E-state index in [2.05, 4.69) is 5.32 Å². The molecule has 20 heavy (non-hydrogen) atoms. The van der Waals surface area contributed by atoms with Gasteiger partial charge in [0.25, 0.3) is 0 Å². The van der Waals surface area contributed by atoms with E-state index in [0.29, 0.717) is 42.7 Å². The molecule has 1 heterocycles. The van der Waals surface area contributed by atoms with Crippen molar-refractivity contribution in [2.75, 3.05) is 19.8 Å². The van der Waals surface area contributed by atoms with E-state index < -0.39 is 0 Å². The molecule has 0 aromatic heterocycles. The third-order valence-corrected chi connectivity index (χ3v) is 3.07. The molecule has 0 bridgehead atoms. The molecule has 0 saturated heterocycles. The molecule has 0 spiro atoms. The highest BCUT2D eigenvalue weighted by molar-refractivity contribution is 6.32. The molecule has 1 aromatic rings. The summed E-state index contributed by atoms with van der Waals surface area (Å²) in [6, 6.07) is 3.76. The molecule has 1 amide bonds. The third-order valence-electron chi connectivity index (χ3n) is 2.79. The summed E-state index contributed by atoms with van der Waals surface area (Å²) in [7, 11) is 0. The van der Waals surface area contributed by atoms with E-state index in [-0.39, 0.29) is 5.91 Å². The number of fused-ring (bicyclic) bond motifs is 1. The van der Waals surface area contributed by atoms with Crippen molar-refractivity contribution < 1.29 is 14.3 Å². The summed E-state index contributed by atoms with van der Waals surface area (Å²) in [6.07, 6.45) is 2.27. The van der Waals surface area contributed by atoms with Gasteiger partial charge in [0.05, 0.1) is 5.02 Å². The number of allylic oxidation sites excluding steroid dienone is 1. The van der Waals surface area contributed by atoms with Crippen molar-refractivity contribution in [3.8, 4) is 11.5 Å². The van der Waals surface area contributed by atoms with Gasteiger partial charge in [0.2, 0.25) is 5.91 Å². The lowest BCUT2D eigenvalue weighted by atomic mass is 10.1. The van der Waals surface area contributed by atoms with Crippen molar-refractivity contribution in [1.82, 2.24) is 5.32 Å². The fraction of sp³-hybridized carbons (Fsp3) is 0.400. The third kappa shape index (κ3) is 3.90. The molecule has 0 aliphatic carbocycles. The van der Waals surface area contributed by atoms with Crippen molar-refractivity contribution in [3.63, 3.8) is 0 Å². The first-order valence-electron chi connectivity index (χ1n) is 6.57. The van der Waals surface area contributed by atoms with Gasteiger partial charge >= 0.3 is 0 Å². The first-order chi connectivity index (χ1) is 9.56. The van der Waals surface area contributed by atoms with Crippen LogP contribution in [0, 0.1) is 0 Å². The Morgan fingerprint density at radius 3 is 2.85 bits per heavy atom. The van der Waals surface area contributed by atoms with Crippen LogP contribution in [0.2, 0.25) is 5.02 Å². The standard InChI is InChI=1S/C15H18ClNO3/c1-10(2)7-14(18)17-4-3-11-8-12(16)15-13(9-11)19-5-6-20-15/h7-9H,3-6H2,1-2H3,(H,17,18). The molecule has 1 N–H and O–H groups in total. The smallest absolute Gasteiger partial charge is 0.243 e. The Hall–Kier alpha value is -1.68. The van der Waals surface area contributed by atoms with E-state index in [1.807, 2.05) is 26.0 Å². The van der Waals surface area contributed by atoms with Crippen LogP contribution >= 0.6 is 11.6 Å². The number of carbonyl (C=O) groups is 1. The first-order valence-corrected chi connectivity index (χ1v) is 6.95. The second kappa shape index (κ2) is 6.66. The number of amides is 1. The number of hydrogen-bond donors (Lipinski definition) is 1. The monoisotopic (exact) mass is 295 g/mol. The van der Waals surface area contributed by atoms with E-state index >= 15 is 0 Å². The van der Waals surface area contributed by atoms with Crippen molar-refractivity contribution in [2.24, 2.45) is 0 Å². The normalized spacial score (nSPS) is 12.8. The lowest BCUT2D eigenvalue weighted by Gasteiger charge is -2.20. The number of halogens is 1. The molecule has 1 aromatic carbocycles. The van der Waals surface area contributed by atoms with Crippen LogP contribution in [-0.2, 0) is 11.2 Å². The van der Waals surface area contributed by atoms with Crippen molar-refractivity contribution in [3.05, 3.63) is 34.4 Å². The van der Waals surface area contributed by atoms with Crippen LogP contribution in [0.3, 0.4) is 0 Å². The Morgan fingerprint density at radius 1 is 1.35 bits per heavy atom. The summed E-state index contributed by atoms with van der Waals surface area (Å²) >= 11 is 6.16. The summed E-state index contributed by atoms with van der Waals surface area (Å²) in [4.78, 5) is 11.5. The topological polar surface area (TPSA) is 47.6 Å². The Balaban J connectivity index is 1.95. The predicted molar refractivity (Wildman–Crippen MR) is 78.6 cm³/mol. The molecule has 1 aliphatic rings. The van der Waals surface area contributed by atoms with Crippen LogP contribution in [0.4, 0.5) is 0 Å². The van der Waals surface area contributed by atoms with Gasteiger partial charge in [0.15, 0.2) is 11.5 Å². The molecule has 2 rings (SSSR count). The highest BCUT2D eigenvalue weighted by atomic mass is 35.5. The fourth-order valence-corrected chi connectivity index (χ4v) is 2.24. The number of nitrogens with one attached hydrogen (secondary N) is 1. The van der Waals surface area contributed by atoms with Gasteiger partial charge in [-0.25, -0.2) is 0 Å². The Labute approximate surface area is 123 Å². The minimum Gasteiger partial charge on any atom is -0.486 e. The Morgan fingerprint density at radius 2 is 2.10 bits per heavy atom. The maximum atomic E-state index is 11.5. The molecule has 0 radical (unpaired) electrons. The average Bonchev–Trinajstić information content (AvgIpc) is 2.38. The Kier molecular flexibility index (Phi) is 4.90. The average molecular weight is 296 g/mol. The van der Waals surface area contributed by atoms with Crippen molar-refractivity contribution >= 4 is 17.5 Å². The summed E-state index contributed by atoms with van der Waals surface area (Å²) < 4.78 is 11.0. The van der Waals surface area contributed by atoms with Crippen molar-refractivity contribution in [2.45, 2.75) is 20.3 Å². The zero-order chi connectivity index (χ0) is 14.5. The van der Waals surface area contributed by atoms with Gasteiger partial charge in [0, 0.05) is 12.6 Å². The van der Waals surface area contributed by atoms with Crippen LogP contribution < -0.4 is 14.8 Å². The summed E-state index contributed by atoms with van der Waals surface area (Å²) in [5.74, 6) is 1.21. The van der Waals surface area contributed by atoms with Crippen LogP contribution in [0.1, 0.15) is 19.4 Å². The van der Waals surface area contributed by atoms with Gasteiger partial charge in [0.1, 0.15) is 13.2 Å². The second-order valence-electron chi connectivity index (χ2n) is 4.86. The van der Waals surface area contributed by atoms with Gasteiger partial charge < -0.3 is 14.8 Å². The zero-order valence-electron chi connectivity index (χ0n) is 11.7. The summed E-state index contributed by atoms with van der Waals surface area (Å²) in [5, 5.41) is 3.38. The van der Waals surface area contributed by atoms with Crippen LogP contribution in [0.15, 0.2) is 23.8 Å². The molecular formula is C15H18ClNO3. The molecule has 0 atom stereocenters. The second-order valence-corrected chi connectivity index (χ2v) is 5.27. The van der Waals surface area contributed by atoms with Crippen molar-refractivity contribution in [1.29, 1.82) is 0 Å². The highest BCUT2D eigenvalue weighted by Gasteiger charge is 2.16. The minimum atomic E-state index is -0.0753. The number of hydrogen-bond acceptors (Lipinski definition) is 3. The van der Waals surface area contributed by atoms with E-state index in [1.165, 1.54) is 0 Å². The quantitative estimate of drug-likeness (QED) is 0.869. The van der Waals surface area contributed by atoms with Gasteiger partial charge in [-0.2, -0.15) is 0 Å². The minimum absolute atomic E-state index is 0.0753. The van der Waals surface area contributed by atoms with E-state index in [0.717, 1.165) is 11.1 Å². The maximum absolute atomic E-state index is 11.5. The van der Waals surface area contributed by atoms with Gasteiger partial charge in [-0.1, -0.05) is 17.2 Å². The van der Waals surface area contributed by atoms with Gasteiger partial charge in [-0.15, -0.1) is 0 Å². The zero-order valence-corrected chi connectivity index (χ0v) is 12.4. The summed E-state index contributed by atoms with van der Waals surface area (Å²) in [5.41, 5.74) is 1.99. The summed E-state index contributed by atoms with van der Waals surface area (Å²) in [6.45, 7) is 5.38. The molecule has 1 aliphatic heterocycles. The largest absolute Gasteiger partial charge is 0.486 e. The molecule has 108 valence electrons. The molecule has 4 nitrogen and oxygen atoms in total. The maximum Gasteiger partial charge on any atom is 0.243 e. The van der Waals surface area contributed by atoms with Crippen LogP contribution in [0.5, 0.6) is 11.5 Å². The molecular weight excluding hydrogens is 278 g/mol. The number of carbonyl (C=O) groups excluding carboxylic acids is 1. The molecule has 0 unspecified atom stereocenters. The predicted octanol–water partition coefficient (Wildman–Crippen LogP) is 2.74. The number of rotatable bonds is 4. The first kappa shape index (κ1) is 14.7. The molecule has 0 fully saturated rings. The van der Waals surface area contributed by atoms with Gasteiger partial charge in [-0.3, -0.25) is 4.79 Å².